The molecule has 13 heteroatoms. The van der Waals surface area contributed by atoms with Crippen molar-refractivity contribution in [2.75, 3.05) is 17.8 Å². The minimum atomic E-state index is -1.40. The monoisotopic (exact) mass is 452 g/mol. The minimum absolute atomic E-state index is 0.0891. The van der Waals surface area contributed by atoms with Gasteiger partial charge in [0.1, 0.15) is 18.1 Å². The van der Waals surface area contributed by atoms with Gasteiger partial charge in [-0.25, -0.2) is 4.79 Å². The van der Waals surface area contributed by atoms with Gasteiger partial charge < -0.3 is 31.9 Å². The molecule has 0 aromatic heterocycles. The molecule has 11 nitrogen and oxygen atoms in total. The Morgan fingerprint density at radius 3 is 2.03 bits per heavy atom. The van der Waals surface area contributed by atoms with Crippen LogP contribution >= 0.6 is 24.4 Å². The molecule has 4 unspecified atom stereocenters. The Morgan fingerprint density at radius 1 is 0.966 bits per heavy atom. The predicted molar refractivity (Wildman–Crippen MR) is 111 cm³/mol. The van der Waals surface area contributed by atoms with Gasteiger partial charge in [0.05, 0.1) is 6.04 Å². The lowest BCUT2D eigenvalue weighted by Crippen LogP contribution is -2.56. The van der Waals surface area contributed by atoms with Gasteiger partial charge >= 0.3 is 11.9 Å². The Hall–Kier alpha value is -1.99. The van der Waals surface area contributed by atoms with Crippen LogP contribution in [0.4, 0.5) is 0 Å². The standard InChI is InChI=1S/C16H28N4O7S2/c1-8(18-14(24)9(17)7-28)13(23)19-10(5-6-29-2)15(25)20-11(16(26)27)3-4-12(21)22/h8-11,28H,3-7,17H2,1-2H3,(H,18,24)(H,19,23)(H,20,25)(H,21,22)(H,26,27). The van der Waals surface area contributed by atoms with Crippen LogP contribution in [-0.2, 0) is 24.0 Å². The fourth-order valence-corrected chi connectivity index (χ4v) is 2.70. The fourth-order valence-electron chi connectivity index (χ4n) is 2.07. The third-order valence-electron chi connectivity index (χ3n) is 3.79. The summed E-state index contributed by atoms with van der Waals surface area (Å²) in [6, 6.07) is -4.34. The van der Waals surface area contributed by atoms with Crippen molar-refractivity contribution in [3.05, 3.63) is 0 Å². The molecule has 0 saturated carbocycles. The molecule has 0 fully saturated rings. The quantitative estimate of drug-likeness (QED) is 0.153. The van der Waals surface area contributed by atoms with E-state index in [-0.39, 0.29) is 18.6 Å². The number of carboxylic acid groups (broad SMARTS) is 2. The highest BCUT2D eigenvalue weighted by molar-refractivity contribution is 7.98. The van der Waals surface area contributed by atoms with Crippen molar-refractivity contribution in [1.29, 1.82) is 0 Å². The summed E-state index contributed by atoms with van der Waals surface area (Å²) in [4.78, 5) is 58.5. The number of carboxylic acids is 2. The van der Waals surface area contributed by atoms with Gasteiger partial charge in [-0.05, 0) is 31.8 Å². The normalized spacial score (nSPS) is 14.8. The smallest absolute Gasteiger partial charge is 0.326 e. The van der Waals surface area contributed by atoms with Crippen molar-refractivity contribution in [2.45, 2.75) is 50.4 Å². The maximum atomic E-state index is 12.5. The van der Waals surface area contributed by atoms with E-state index in [1.54, 1.807) is 6.26 Å². The van der Waals surface area contributed by atoms with Crippen LogP contribution in [0.2, 0.25) is 0 Å². The van der Waals surface area contributed by atoms with Crippen LogP contribution in [0.5, 0.6) is 0 Å². The molecule has 0 bridgehead atoms. The van der Waals surface area contributed by atoms with Crippen LogP contribution < -0.4 is 21.7 Å². The molecular weight excluding hydrogens is 424 g/mol. The van der Waals surface area contributed by atoms with E-state index in [0.29, 0.717) is 5.75 Å². The number of aliphatic carboxylic acids is 2. The zero-order chi connectivity index (χ0) is 22.6. The van der Waals surface area contributed by atoms with Gasteiger partial charge in [0.15, 0.2) is 0 Å². The van der Waals surface area contributed by atoms with Crippen molar-refractivity contribution in [1.82, 2.24) is 16.0 Å². The summed E-state index contributed by atoms with van der Waals surface area (Å²) in [6.45, 7) is 1.41. The first kappa shape index (κ1) is 27.0. The molecule has 166 valence electrons. The van der Waals surface area contributed by atoms with E-state index in [1.165, 1.54) is 18.7 Å². The summed E-state index contributed by atoms with van der Waals surface area (Å²) in [5, 5.41) is 25.0. The van der Waals surface area contributed by atoms with Crippen LogP contribution in [0.3, 0.4) is 0 Å². The minimum Gasteiger partial charge on any atom is -0.481 e. The summed E-state index contributed by atoms with van der Waals surface area (Å²) in [5.74, 6) is -3.97. The fraction of sp³-hybridized carbons (Fsp3) is 0.688. The number of carbonyl (C=O) groups excluding carboxylic acids is 3. The van der Waals surface area contributed by atoms with E-state index in [1.807, 2.05) is 0 Å². The first-order chi connectivity index (χ1) is 13.5. The number of carbonyl (C=O) groups is 5. The summed E-state index contributed by atoms with van der Waals surface area (Å²) in [7, 11) is 0. The number of rotatable bonds is 14. The topological polar surface area (TPSA) is 188 Å². The first-order valence-electron chi connectivity index (χ1n) is 8.74. The number of amides is 3. The predicted octanol–water partition coefficient (Wildman–Crippen LogP) is -1.58. The molecule has 0 saturated heterocycles. The maximum Gasteiger partial charge on any atom is 0.326 e. The van der Waals surface area contributed by atoms with Gasteiger partial charge in [0, 0.05) is 12.2 Å². The van der Waals surface area contributed by atoms with Crippen LogP contribution in [0.1, 0.15) is 26.2 Å². The summed E-state index contributed by atoms with van der Waals surface area (Å²) < 4.78 is 0. The van der Waals surface area contributed by atoms with Gasteiger partial charge in [-0.3, -0.25) is 19.2 Å². The van der Waals surface area contributed by atoms with Gasteiger partial charge in [0.2, 0.25) is 17.7 Å². The van der Waals surface area contributed by atoms with Crippen molar-refractivity contribution in [3.8, 4) is 0 Å². The van der Waals surface area contributed by atoms with E-state index in [0.717, 1.165) is 0 Å². The number of hydrogen-bond donors (Lipinski definition) is 7. The van der Waals surface area contributed by atoms with Crippen LogP contribution in [0.25, 0.3) is 0 Å². The Balaban J connectivity index is 5.05. The van der Waals surface area contributed by atoms with Gasteiger partial charge in [-0.15, -0.1) is 0 Å². The lowest BCUT2D eigenvalue weighted by Gasteiger charge is -2.23. The van der Waals surface area contributed by atoms with Crippen molar-refractivity contribution in [2.24, 2.45) is 5.73 Å². The molecule has 0 aliphatic heterocycles. The van der Waals surface area contributed by atoms with Gasteiger partial charge in [0.25, 0.3) is 0 Å². The largest absolute Gasteiger partial charge is 0.481 e. The van der Waals surface area contributed by atoms with Crippen LogP contribution in [-0.4, -0.2) is 81.8 Å². The highest BCUT2D eigenvalue weighted by Crippen LogP contribution is 2.05. The number of nitrogens with two attached hydrogens (primary N) is 1. The number of hydrogen-bond acceptors (Lipinski definition) is 8. The van der Waals surface area contributed by atoms with Gasteiger partial charge in [-0.2, -0.15) is 24.4 Å². The molecule has 0 spiro atoms. The second-order valence-corrected chi connectivity index (χ2v) is 7.54. The Labute approximate surface area is 178 Å². The zero-order valence-corrected chi connectivity index (χ0v) is 17.9. The lowest BCUT2D eigenvalue weighted by atomic mass is 10.1. The van der Waals surface area contributed by atoms with E-state index in [9.17, 15) is 29.1 Å². The molecule has 3 amide bonds. The maximum absolute atomic E-state index is 12.5. The molecule has 0 heterocycles. The number of thioether (sulfide) groups is 1. The molecule has 7 N–H and O–H groups in total. The Morgan fingerprint density at radius 2 is 1.55 bits per heavy atom. The molecule has 0 aromatic rings. The van der Waals surface area contributed by atoms with Crippen molar-refractivity contribution >= 4 is 54.1 Å². The summed E-state index contributed by atoms with van der Waals surface area (Å²) >= 11 is 5.32. The average molecular weight is 453 g/mol. The Kier molecular flexibility index (Phi) is 13.1. The average Bonchev–Trinajstić information content (AvgIpc) is 2.66. The second kappa shape index (κ2) is 14.1. The molecule has 0 radical (unpaired) electrons. The molecule has 29 heavy (non-hydrogen) atoms. The highest BCUT2D eigenvalue weighted by Gasteiger charge is 2.28. The summed E-state index contributed by atoms with van der Waals surface area (Å²) in [6.07, 6.45) is 1.27. The first-order valence-corrected chi connectivity index (χ1v) is 10.8. The lowest BCUT2D eigenvalue weighted by molar-refractivity contribution is -0.143. The molecule has 0 rings (SSSR count). The van der Waals surface area contributed by atoms with Crippen LogP contribution in [0.15, 0.2) is 0 Å². The number of thiol groups is 1. The highest BCUT2D eigenvalue weighted by atomic mass is 32.2. The van der Waals surface area contributed by atoms with Gasteiger partial charge in [-0.1, -0.05) is 0 Å². The SMILES string of the molecule is CSCCC(NC(=O)C(C)NC(=O)C(N)CS)C(=O)NC(CCC(=O)O)C(=O)O. The van der Waals surface area contributed by atoms with Crippen molar-refractivity contribution < 1.29 is 34.2 Å². The number of nitrogens with one attached hydrogen (secondary N) is 3. The zero-order valence-electron chi connectivity index (χ0n) is 16.2. The van der Waals surface area contributed by atoms with E-state index in [4.69, 9.17) is 10.8 Å². The molecule has 4 atom stereocenters. The van der Waals surface area contributed by atoms with Crippen molar-refractivity contribution in [3.63, 3.8) is 0 Å². The molecule has 0 aromatic carbocycles. The van der Waals surface area contributed by atoms with E-state index >= 15 is 0 Å². The van der Waals surface area contributed by atoms with Crippen LogP contribution in [0, 0.1) is 0 Å². The third kappa shape index (κ3) is 10.9. The summed E-state index contributed by atoms with van der Waals surface area (Å²) in [5.41, 5.74) is 5.53. The third-order valence-corrected chi connectivity index (χ3v) is 4.83. The molecule has 0 aliphatic carbocycles. The van der Waals surface area contributed by atoms with E-state index in [2.05, 4.69) is 28.6 Å². The van der Waals surface area contributed by atoms with E-state index < -0.39 is 60.2 Å². The Bertz CT molecular complexity index is 606. The molecular formula is C16H28N4O7S2. The second-order valence-electron chi connectivity index (χ2n) is 6.19. The molecule has 0 aliphatic rings.